The zero-order chi connectivity index (χ0) is 16.3. The van der Waals surface area contributed by atoms with Crippen LogP contribution in [0.4, 0.5) is 0 Å². The minimum Gasteiger partial charge on any atom is -0.383 e. The Hall–Kier alpha value is -1.43. The van der Waals surface area contributed by atoms with Gasteiger partial charge in [-0.1, -0.05) is 30.3 Å². The first-order chi connectivity index (χ1) is 11.3. The van der Waals surface area contributed by atoms with Crippen LogP contribution in [0.5, 0.6) is 0 Å². The van der Waals surface area contributed by atoms with Crippen LogP contribution >= 0.6 is 0 Å². The second kappa shape index (κ2) is 10.4. The zero-order valence-corrected chi connectivity index (χ0v) is 14.0. The minimum atomic E-state index is 0.170. The summed E-state index contributed by atoms with van der Waals surface area (Å²) in [6.07, 6.45) is 3.09. The lowest BCUT2D eigenvalue weighted by molar-refractivity contribution is -0.132. The van der Waals surface area contributed by atoms with Gasteiger partial charge in [-0.3, -0.25) is 4.79 Å². The molecular formula is C18H28N2O3. The van der Waals surface area contributed by atoms with Crippen molar-refractivity contribution in [3.8, 4) is 0 Å². The summed E-state index contributed by atoms with van der Waals surface area (Å²) in [7, 11) is 1.66. The van der Waals surface area contributed by atoms with Gasteiger partial charge >= 0.3 is 0 Å². The number of methoxy groups -OCH3 is 1. The Morgan fingerprint density at radius 2 is 1.96 bits per heavy atom. The molecule has 0 unspecified atom stereocenters. The molecule has 0 atom stereocenters. The van der Waals surface area contributed by atoms with Crippen LogP contribution < -0.4 is 5.32 Å². The summed E-state index contributed by atoms with van der Waals surface area (Å²) in [5.41, 5.74) is 1.31. The largest absolute Gasteiger partial charge is 0.383 e. The van der Waals surface area contributed by atoms with E-state index in [1.54, 1.807) is 7.11 Å². The van der Waals surface area contributed by atoms with E-state index in [4.69, 9.17) is 9.47 Å². The molecule has 0 spiro atoms. The van der Waals surface area contributed by atoms with Crippen molar-refractivity contribution in [1.82, 2.24) is 10.2 Å². The number of likely N-dealkylation sites (tertiary alicyclic amines) is 1. The minimum absolute atomic E-state index is 0.170. The Labute approximate surface area is 139 Å². The third kappa shape index (κ3) is 6.69. The van der Waals surface area contributed by atoms with Crippen molar-refractivity contribution < 1.29 is 14.3 Å². The second-order valence-corrected chi connectivity index (χ2v) is 5.86. The molecule has 1 aliphatic rings. The summed E-state index contributed by atoms with van der Waals surface area (Å²) >= 11 is 0. The topological polar surface area (TPSA) is 50.8 Å². The first-order valence-corrected chi connectivity index (χ1v) is 8.42. The third-order valence-corrected chi connectivity index (χ3v) is 4.14. The summed E-state index contributed by atoms with van der Waals surface area (Å²) in [5, 5.41) is 3.10. The number of hydrogen-bond acceptors (Lipinski definition) is 4. The second-order valence-electron chi connectivity index (χ2n) is 5.86. The fourth-order valence-electron chi connectivity index (χ4n) is 2.74. The van der Waals surface area contributed by atoms with Gasteiger partial charge in [0.1, 0.15) is 0 Å². The van der Waals surface area contributed by atoms with Crippen LogP contribution in [0.3, 0.4) is 0 Å². The van der Waals surface area contributed by atoms with Crippen molar-refractivity contribution in [2.45, 2.75) is 25.4 Å². The predicted octanol–water partition coefficient (Wildman–Crippen LogP) is 1.47. The molecule has 1 heterocycles. The Bertz CT molecular complexity index is 445. The molecule has 1 N–H and O–H groups in total. The Morgan fingerprint density at radius 1 is 1.22 bits per heavy atom. The maximum absolute atomic E-state index is 12.0. The summed E-state index contributed by atoms with van der Waals surface area (Å²) in [4.78, 5) is 14.0. The maximum Gasteiger partial charge on any atom is 0.236 e. The molecular weight excluding hydrogens is 292 g/mol. The number of carbonyl (C=O) groups excluding carboxylic acids is 1. The average Bonchev–Trinajstić information content (AvgIpc) is 2.60. The molecule has 1 aromatic rings. The van der Waals surface area contributed by atoms with E-state index < -0.39 is 0 Å². The molecule has 0 radical (unpaired) electrons. The molecule has 1 aliphatic heterocycles. The van der Waals surface area contributed by atoms with Gasteiger partial charge in [-0.15, -0.1) is 0 Å². The number of piperidine rings is 1. The number of hydrogen-bond donors (Lipinski definition) is 1. The highest BCUT2D eigenvalue weighted by Gasteiger charge is 2.22. The monoisotopic (exact) mass is 320 g/mol. The van der Waals surface area contributed by atoms with Crippen LogP contribution in [0.1, 0.15) is 18.4 Å². The Kier molecular flexibility index (Phi) is 8.07. The summed E-state index contributed by atoms with van der Waals surface area (Å²) < 4.78 is 10.9. The van der Waals surface area contributed by atoms with Crippen LogP contribution in [0.15, 0.2) is 30.3 Å². The Morgan fingerprint density at radius 3 is 2.65 bits per heavy atom. The van der Waals surface area contributed by atoms with Crippen LogP contribution in [0.2, 0.25) is 0 Å². The highest BCUT2D eigenvalue weighted by Crippen LogP contribution is 2.14. The fourth-order valence-corrected chi connectivity index (χ4v) is 2.74. The number of benzene rings is 1. The van der Waals surface area contributed by atoms with Crippen molar-refractivity contribution in [1.29, 1.82) is 0 Å². The smallest absolute Gasteiger partial charge is 0.236 e. The number of nitrogens with one attached hydrogen (secondary N) is 1. The van der Waals surface area contributed by atoms with E-state index in [1.165, 1.54) is 5.56 Å². The van der Waals surface area contributed by atoms with E-state index in [1.807, 2.05) is 11.0 Å². The van der Waals surface area contributed by atoms with E-state index >= 15 is 0 Å². The van der Waals surface area contributed by atoms with Crippen molar-refractivity contribution in [2.75, 3.05) is 46.5 Å². The van der Waals surface area contributed by atoms with Gasteiger partial charge < -0.3 is 19.7 Å². The van der Waals surface area contributed by atoms with Gasteiger partial charge in [-0.25, -0.2) is 0 Å². The van der Waals surface area contributed by atoms with Gasteiger partial charge in [0.2, 0.25) is 5.91 Å². The molecule has 1 amide bonds. The van der Waals surface area contributed by atoms with Crippen molar-refractivity contribution >= 4 is 5.91 Å². The number of rotatable bonds is 9. The lowest BCUT2D eigenvalue weighted by atomic mass is 10.1. The quantitative estimate of drug-likeness (QED) is 0.700. The first-order valence-electron chi connectivity index (χ1n) is 8.42. The van der Waals surface area contributed by atoms with Crippen molar-refractivity contribution in [3.63, 3.8) is 0 Å². The number of amides is 1. The molecule has 0 aromatic heterocycles. The molecule has 128 valence electrons. The van der Waals surface area contributed by atoms with Gasteiger partial charge in [0.05, 0.1) is 25.9 Å². The van der Waals surface area contributed by atoms with Crippen LogP contribution in [0, 0.1) is 0 Å². The molecule has 2 rings (SSSR count). The van der Waals surface area contributed by atoms with Gasteiger partial charge in [-0.05, 0) is 24.8 Å². The molecule has 0 bridgehead atoms. The highest BCUT2D eigenvalue weighted by molar-refractivity contribution is 5.78. The van der Waals surface area contributed by atoms with E-state index in [0.29, 0.717) is 19.7 Å². The molecule has 5 nitrogen and oxygen atoms in total. The molecule has 5 heteroatoms. The summed E-state index contributed by atoms with van der Waals surface area (Å²) in [5.74, 6) is 0.170. The van der Waals surface area contributed by atoms with E-state index in [0.717, 1.165) is 39.0 Å². The Balaban J connectivity index is 1.57. The molecule has 23 heavy (non-hydrogen) atoms. The standard InChI is InChI=1S/C18H28N2O3/c1-22-14-10-19-15-18(21)20-11-7-17(8-12-20)23-13-9-16-5-3-2-4-6-16/h2-6,17,19H,7-15H2,1H3. The lowest BCUT2D eigenvalue weighted by Gasteiger charge is -2.32. The number of carbonyl (C=O) groups is 1. The fraction of sp³-hybridized carbons (Fsp3) is 0.611. The number of nitrogens with zero attached hydrogens (tertiary/aromatic N) is 1. The van der Waals surface area contributed by atoms with E-state index in [9.17, 15) is 4.79 Å². The highest BCUT2D eigenvalue weighted by atomic mass is 16.5. The number of ether oxygens (including phenoxy) is 2. The first kappa shape index (κ1) is 17.9. The van der Waals surface area contributed by atoms with Crippen molar-refractivity contribution in [2.24, 2.45) is 0 Å². The van der Waals surface area contributed by atoms with Crippen molar-refractivity contribution in [3.05, 3.63) is 35.9 Å². The van der Waals surface area contributed by atoms with Crippen LogP contribution in [-0.4, -0.2) is 63.4 Å². The SMILES string of the molecule is COCCNCC(=O)N1CCC(OCCc2ccccc2)CC1. The molecule has 1 saturated heterocycles. The summed E-state index contributed by atoms with van der Waals surface area (Å²) in [6, 6.07) is 10.4. The van der Waals surface area contributed by atoms with Gasteiger partial charge in [0, 0.05) is 26.7 Å². The molecule has 0 aliphatic carbocycles. The zero-order valence-electron chi connectivity index (χ0n) is 14.0. The third-order valence-electron chi connectivity index (χ3n) is 4.14. The molecule has 1 fully saturated rings. The molecule has 0 saturated carbocycles. The van der Waals surface area contributed by atoms with E-state index in [-0.39, 0.29) is 12.0 Å². The van der Waals surface area contributed by atoms with Crippen LogP contribution in [-0.2, 0) is 20.7 Å². The average molecular weight is 320 g/mol. The normalized spacial score (nSPS) is 15.8. The van der Waals surface area contributed by atoms with E-state index in [2.05, 4.69) is 29.6 Å². The van der Waals surface area contributed by atoms with Gasteiger partial charge in [-0.2, -0.15) is 0 Å². The predicted molar refractivity (Wildman–Crippen MR) is 90.4 cm³/mol. The molecule has 1 aromatic carbocycles. The van der Waals surface area contributed by atoms with Gasteiger partial charge in [0.25, 0.3) is 0 Å². The van der Waals surface area contributed by atoms with Crippen LogP contribution in [0.25, 0.3) is 0 Å². The maximum atomic E-state index is 12.0. The summed E-state index contributed by atoms with van der Waals surface area (Å²) in [6.45, 7) is 4.07. The van der Waals surface area contributed by atoms with Gasteiger partial charge in [0.15, 0.2) is 0 Å². The lowest BCUT2D eigenvalue weighted by Crippen LogP contribution is -2.45.